The molecular weight excluding hydrogens is 354 g/mol. The van der Waals surface area contributed by atoms with Gasteiger partial charge in [-0.3, -0.25) is 10.1 Å². The fraction of sp³-hybridized carbons (Fsp3) is 0.0909. The van der Waals surface area contributed by atoms with Gasteiger partial charge in [-0.1, -0.05) is 48.5 Å². The van der Waals surface area contributed by atoms with Crippen molar-refractivity contribution in [1.82, 2.24) is 10.2 Å². The van der Waals surface area contributed by atoms with Crippen molar-refractivity contribution in [3.63, 3.8) is 0 Å². The molecule has 0 aliphatic carbocycles. The number of hydrogen-bond donors (Lipinski definition) is 1. The number of thiophene rings is 1. The van der Waals surface area contributed by atoms with Crippen LogP contribution in [0.3, 0.4) is 0 Å². The summed E-state index contributed by atoms with van der Waals surface area (Å²) in [6.07, 6.45) is 1.86. The minimum Gasteiger partial charge on any atom is -0.497 e. The van der Waals surface area contributed by atoms with Gasteiger partial charge in [0.1, 0.15) is 5.75 Å². The lowest BCUT2D eigenvalue weighted by atomic mass is 10.0. The van der Waals surface area contributed by atoms with Crippen molar-refractivity contribution >= 4 is 17.0 Å². The molecule has 5 heteroatoms. The summed E-state index contributed by atoms with van der Waals surface area (Å²) < 4.78 is 5.23. The van der Waals surface area contributed by atoms with E-state index < -0.39 is 0 Å². The number of nitrogens with zero attached hydrogens (tertiary/aromatic N) is 2. The number of aliphatic imine (C=N–C) groups is 1. The molecule has 2 aromatic heterocycles. The van der Waals surface area contributed by atoms with Crippen LogP contribution in [0.5, 0.6) is 5.75 Å². The van der Waals surface area contributed by atoms with Gasteiger partial charge in [0.25, 0.3) is 0 Å². The lowest BCUT2D eigenvalue weighted by Gasteiger charge is -2.08. The molecule has 2 aromatic carbocycles. The maximum absolute atomic E-state index is 5.23. The molecular formula is C22H19N3OS. The third-order valence-electron chi connectivity index (χ3n) is 4.29. The first-order valence-corrected chi connectivity index (χ1v) is 9.53. The van der Waals surface area contributed by atoms with Gasteiger partial charge in [-0.05, 0) is 29.1 Å². The van der Waals surface area contributed by atoms with Crippen LogP contribution >= 0.6 is 11.3 Å². The second kappa shape index (κ2) is 8.01. The van der Waals surface area contributed by atoms with E-state index in [0.717, 1.165) is 38.7 Å². The van der Waals surface area contributed by atoms with Crippen molar-refractivity contribution in [1.29, 1.82) is 0 Å². The molecule has 0 amide bonds. The highest BCUT2D eigenvalue weighted by atomic mass is 32.1. The summed E-state index contributed by atoms with van der Waals surface area (Å²) in [6, 6.07) is 22.4. The number of hydrogen-bond acceptors (Lipinski definition) is 4. The van der Waals surface area contributed by atoms with Crippen molar-refractivity contribution in [2.45, 2.75) is 6.54 Å². The first kappa shape index (κ1) is 17.2. The van der Waals surface area contributed by atoms with E-state index in [1.54, 1.807) is 18.4 Å². The van der Waals surface area contributed by atoms with E-state index in [4.69, 9.17) is 9.73 Å². The average molecular weight is 373 g/mol. The van der Waals surface area contributed by atoms with E-state index in [9.17, 15) is 0 Å². The number of aromatic nitrogens is 2. The van der Waals surface area contributed by atoms with Crippen LogP contribution in [0, 0.1) is 0 Å². The smallest absolute Gasteiger partial charge is 0.118 e. The number of benzene rings is 2. The fourth-order valence-electron chi connectivity index (χ4n) is 2.90. The normalized spacial score (nSPS) is 11.5. The third-order valence-corrected chi connectivity index (χ3v) is 5.18. The van der Waals surface area contributed by atoms with Crippen molar-refractivity contribution in [3.05, 3.63) is 95.0 Å². The Bertz CT molecular complexity index is 1020. The van der Waals surface area contributed by atoms with E-state index in [2.05, 4.69) is 33.8 Å². The molecule has 0 saturated carbocycles. The third kappa shape index (κ3) is 3.83. The van der Waals surface area contributed by atoms with E-state index in [0.29, 0.717) is 6.54 Å². The molecule has 0 aliphatic heterocycles. The lowest BCUT2D eigenvalue weighted by Crippen LogP contribution is -2.04. The highest BCUT2D eigenvalue weighted by Crippen LogP contribution is 2.28. The van der Waals surface area contributed by atoms with Crippen molar-refractivity contribution in [2.24, 2.45) is 4.99 Å². The van der Waals surface area contributed by atoms with E-state index >= 15 is 0 Å². The molecule has 0 bridgehead atoms. The quantitative estimate of drug-likeness (QED) is 0.473. The molecule has 1 N–H and O–H groups in total. The van der Waals surface area contributed by atoms with Crippen LogP contribution in [0.25, 0.3) is 10.6 Å². The van der Waals surface area contributed by atoms with Gasteiger partial charge in [0.05, 0.1) is 36.1 Å². The summed E-state index contributed by atoms with van der Waals surface area (Å²) in [6.45, 7) is 0.587. The molecule has 0 aliphatic rings. The second-order valence-corrected chi connectivity index (χ2v) is 6.96. The number of rotatable bonds is 6. The maximum atomic E-state index is 5.23. The Morgan fingerprint density at radius 3 is 2.56 bits per heavy atom. The number of nitrogens with one attached hydrogen (secondary N) is 1. The highest BCUT2D eigenvalue weighted by Gasteiger charge is 2.16. The molecule has 2 heterocycles. The monoisotopic (exact) mass is 373 g/mol. The molecule has 27 heavy (non-hydrogen) atoms. The summed E-state index contributed by atoms with van der Waals surface area (Å²) >= 11 is 1.69. The van der Waals surface area contributed by atoms with Crippen molar-refractivity contribution in [3.8, 4) is 16.3 Å². The van der Waals surface area contributed by atoms with Crippen molar-refractivity contribution < 1.29 is 4.74 Å². The van der Waals surface area contributed by atoms with Crippen LogP contribution in [0.15, 0.2) is 83.3 Å². The molecule has 0 radical (unpaired) electrons. The van der Waals surface area contributed by atoms with Gasteiger partial charge < -0.3 is 4.74 Å². The zero-order valence-corrected chi connectivity index (χ0v) is 15.7. The topological polar surface area (TPSA) is 50.3 Å². The average Bonchev–Trinajstić information content (AvgIpc) is 3.41. The van der Waals surface area contributed by atoms with Gasteiger partial charge in [0.15, 0.2) is 0 Å². The number of aromatic amines is 1. The molecule has 0 unspecified atom stereocenters. The van der Waals surface area contributed by atoms with Gasteiger partial charge in [-0.15, -0.1) is 11.3 Å². The standard InChI is InChI=1S/C22H19N3OS/c1-26-18-11-9-16(10-12-18)14-23-21(17-6-3-2-4-7-17)19-15-24-25-22(19)20-8-5-13-27-20/h2-13,15H,14H2,1H3,(H,24,25). The lowest BCUT2D eigenvalue weighted by molar-refractivity contribution is 0.414. The summed E-state index contributed by atoms with van der Waals surface area (Å²) in [5.74, 6) is 0.848. The Morgan fingerprint density at radius 1 is 1.04 bits per heavy atom. The first-order valence-electron chi connectivity index (χ1n) is 8.65. The second-order valence-electron chi connectivity index (χ2n) is 6.01. The Hall–Kier alpha value is -3.18. The molecule has 0 spiro atoms. The summed E-state index contributed by atoms with van der Waals surface area (Å²) in [7, 11) is 1.67. The van der Waals surface area contributed by atoms with Crippen LogP contribution < -0.4 is 4.74 Å². The fourth-order valence-corrected chi connectivity index (χ4v) is 3.64. The molecule has 4 nitrogen and oxygen atoms in total. The Kier molecular flexibility index (Phi) is 5.12. The molecule has 0 fully saturated rings. The van der Waals surface area contributed by atoms with Crippen LogP contribution in [0.2, 0.25) is 0 Å². The summed E-state index contributed by atoms with van der Waals surface area (Å²) in [5.41, 5.74) is 5.15. The van der Waals surface area contributed by atoms with Crippen LogP contribution in [0.4, 0.5) is 0 Å². The minimum atomic E-state index is 0.587. The Labute approximate surface area is 162 Å². The van der Waals surface area contributed by atoms with E-state index in [1.165, 1.54) is 0 Å². The SMILES string of the molecule is COc1ccc(CN=C(c2ccccc2)c2cn[nH]c2-c2cccs2)cc1. The zero-order chi connectivity index (χ0) is 18.5. The maximum Gasteiger partial charge on any atom is 0.118 e. The van der Waals surface area contributed by atoms with Gasteiger partial charge in [-0.2, -0.15) is 5.10 Å². The predicted octanol–water partition coefficient (Wildman–Crippen LogP) is 5.18. The van der Waals surface area contributed by atoms with E-state index in [1.807, 2.05) is 54.7 Å². The van der Waals surface area contributed by atoms with Crippen LogP contribution in [-0.4, -0.2) is 23.0 Å². The van der Waals surface area contributed by atoms with E-state index in [-0.39, 0.29) is 0 Å². The van der Waals surface area contributed by atoms with Gasteiger partial charge >= 0.3 is 0 Å². The highest BCUT2D eigenvalue weighted by molar-refractivity contribution is 7.13. The summed E-state index contributed by atoms with van der Waals surface area (Å²) in [4.78, 5) is 6.10. The molecule has 0 atom stereocenters. The number of methoxy groups -OCH3 is 1. The Balaban J connectivity index is 1.73. The predicted molar refractivity (Wildman–Crippen MR) is 111 cm³/mol. The Morgan fingerprint density at radius 2 is 1.85 bits per heavy atom. The molecule has 0 saturated heterocycles. The molecule has 4 rings (SSSR count). The van der Waals surface area contributed by atoms with Crippen molar-refractivity contribution in [2.75, 3.05) is 7.11 Å². The van der Waals surface area contributed by atoms with Gasteiger partial charge in [-0.25, -0.2) is 0 Å². The molecule has 4 aromatic rings. The largest absolute Gasteiger partial charge is 0.497 e. The molecule has 134 valence electrons. The zero-order valence-electron chi connectivity index (χ0n) is 14.9. The van der Waals surface area contributed by atoms with Crippen LogP contribution in [0.1, 0.15) is 16.7 Å². The summed E-state index contributed by atoms with van der Waals surface area (Å²) in [5, 5.41) is 9.49. The van der Waals surface area contributed by atoms with Gasteiger partial charge in [0.2, 0.25) is 0 Å². The first-order chi connectivity index (χ1) is 13.3. The number of ether oxygens (including phenoxy) is 1. The minimum absolute atomic E-state index is 0.587. The van der Waals surface area contributed by atoms with Crippen LogP contribution in [-0.2, 0) is 6.54 Å². The number of H-pyrrole nitrogens is 1. The van der Waals surface area contributed by atoms with Gasteiger partial charge in [0, 0.05) is 11.1 Å².